The lowest BCUT2D eigenvalue weighted by Gasteiger charge is -2.48. The quantitative estimate of drug-likeness (QED) is 0.364. The topological polar surface area (TPSA) is 30.9 Å². The molecule has 3 aromatic rings. The van der Waals surface area contributed by atoms with E-state index in [9.17, 15) is 0 Å². The van der Waals surface area contributed by atoms with Crippen LogP contribution < -0.4 is 10.4 Å². The summed E-state index contributed by atoms with van der Waals surface area (Å²) in [5, 5.41) is 5.04. The molecule has 0 amide bonds. The highest BCUT2D eigenvalue weighted by molar-refractivity contribution is 6.99. The Balaban J connectivity index is 1.54. The van der Waals surface area contributed by atoms with Crippen LogP contribution in [-0.4, -0.2) is 47.1 Å². The van der Waals surface area contributed by atoms with E-state index in [1.807, 2.05) is 0 Å². The number of hydrogen-bond acceptors (Lipinski definition) is 4. The summed E-state index contributed by atoms with van der Waals surface area (Å²) in [6.07, 6.45) is 0.933. The molecule has 6 heteroatoms. The van der Waals surface area contributed by atoms with Crippen molar-refractivity contribution in [3.8, 4) is 0 Å². The highest BCUT2D eigenvalue weighted by Gasteiger charge is 2.59. The molecule has 196 valence electrons. The fourth-order valence-electron chi connectivity index (χ4n) is 5.57. The molecule has 0 aliphatic carbocycles. The minimum atomic E-state index is -2.66. The minimum absolute atomic E-state index is 0.0161. The standard InChI is InChI=1S/C31H41NO3Si2/c1-31(2,3)36(4,5)34-23-26-21-29-30(24-33-32(29)22-25-15-9-6-10-16-25)37(35-26,27-17-11-7-12-18-27)28-19-13-8-14-20-28/h6-20,26,29-30H,21-24H2,1-5H3/t26-,29-,30-/m0/s1. The maximum absolute atomic E-state index is 7.40. The summed E-state index contributed by atoms with van der Waals surface area (Å²) in [6.45, 7) is 13.7. The van der Waals surface area contributed by atoms with Crippen molar-refractivity contribution in [3.05, 3.63) is 96.6 Å². The molecule has 0 radical (unpaired) electrons. The molecule has 2 aliphatic heterocycles. The van der Waals surface area contributed by atoms with Crippen molar-refractivity contribution >= 4 is 27.0 Å². The third-order valence-electron chi connectivity index (χ3n) is 8.66. The maximum Gasteiger partial charge on any atom is 0.263 e. The largest absolute Gasteiger partial charge is 0.414 e. The van der Waals surface area contributed by atoms with Crippen LogP contribution >= 0.6 is 0 Å². The van der Waals surface area contributed by atoms with Gasteiger partial charge in [0.05, 0.1) is 19.3 Å². The van der Waals surface area contributed by atoms with E-state index in [4.69, 9.17) is 13.7 Å². The predicted molar refractivity (Wildman–Crippen MR) is 156 cm³/mol. The number of hydroxylamine groups is 2. The molecule has 0 bridgehead atoms. The van der Waals surface area contributed by atoms with E-state index in [0.29, 0.717) is 18.8 Å². The molecule has 3 aromatic carbocycles. The Hall–Kier alpha value is -2.07. The molecule has 0 unspecified atom stereocenters. The minimum Gasteiger partial charge on any atom is -0.414 e. The molecule has 0 saturated carbocycles. The molecule has 4 nitrogen and oxygen atoms in total. The van der Waals surface area contributed by atoms with Crippen LogP contribution in [0.5, 0.6) is 0 Å². The van der Waals surface area contributed by atoms with Crippen LogP contribution in [0, 0.1) is 0 Å². The van der Waals surface area contributed by atoms with Crippen LogP contribution in [0.25, 0.3) is 0 Å². The van der Waals surface area contributed by atoms with E-state index in [2.05, 4.69) is 130 Å². The first-order valence-electron chi connectivity index (χ1n) is 13.6. The second kappa shape index (κ2) is 10.6. The molecule has 3 atom stereocenters. The van der Waals surface area contributed by atoms with Gasteiger partial charge in [0.25, 0.3) is 8.32 Å². The lowest BCUT2D eigenvalue weighted by molar-refractivity contribution is -0.145. The predicted octanol–water partition coefficient (Wildman–Crippen LogP) is 5.74. The molecule has 2 heterocycles. The first kappa shape index (κ1) is 26.5. The number of fused-ring (bicyclic) bond motifs is 1. The van der Waals surface area contributed by atoms with Gasteiger partial charge in [0.2, 0.25) is 0 Å². The van der Waals surface area contributed by atoms with Crippen molar-refractivity contribution in [1.82, 2.24) is 5.06 Å². The van der Waals surface area contributed by atoms with Gasteiger partial charge in [-0.05, 0) is 40.5 Å². The lowest BCUT2D eigenvalue weighted by Crippen LogP contribution is -2.71. The van der Waals surface area contributed by atoms with Gasteiger partial charge in [-0.25, -0.2) is 0 Å². The molecule has 0 aromatic heterocycles. The van der Waals surface area contributed by atoms with Crippen molar-refractivity contribution in [2.75, 3.05) is 13.2 Å². The van der Waals surface area contributed by atoms with Crippen molar-refractivity contribution < 1.29 is 13.7 Å². The van der Waals surface area contributed by atoms with Crippen LogP contribution in [0.2, 0.25) is 23.7 Å². The molecule has 2 aliphatic rings. The van der Waals surface area contributed by atoms with Crippen LogP contribution in [0.3, 0.4) is 0 Å². The second-order valence-corrected chi connectivity index (χ2v) is 20.5. The average Bonchev–Trinajstić information content (AvgIpc) is 3.31. The lowest BCUT2D eigenvalue weighted by atomic mass is 10.1. The Morgan fingerprint density at radius 2 is 1.41 bits per heavy atom. The zero-order valence-corrected chi connectivity index (χ0v) is 24.9. The summed E-state index contributed by atoms with van der Waals surface area (Å²) in [5.74, 6) is 0. The zero-order chi connectivity index (χ0) is 26.1. The van der Waals surface area contributed by atoms with Gasteiger partial charge >= 0.3 is 0 Å². The molecular formula is C31H41NO3Si2. The first-order chi connectivity index (χ1) is 17.7. The SMILES string of the molecule is CC(C)(C)[Si](C)(C)OC[C@@H]1C[C@H]2[C@H](CON2Cc2ccccc2)[Si](c2ccccc2)(c2ccccc2)O1. The Morgan fingerprint density at radius 3 is 1.95 bits per heavy atom. The monoisotopic (exact) mass is 531 g/mol. The van der Waals surface area contributed by atoms with Crippen molar-refractivity contribution in [3.63, 3.8) is 0 Å². The molecule has 37 heavy (non-hydrogen) atoms. The Morgan fingerprint density at radius 1 is 0.865 bits per heavy atom. The third kappa shape index (κ3) is 5.28. The number of hydrogen-bond donors (Lipinski definition) is 0. The highest BCUT2D eigenvalue weighted by Crippen LogP contribution is 2.44. The van der Waals surface area contributed by atoms with Gasteiger partial charge in [0.15, 0.2) is 8.32 Å². The average molecular weight is 532 g/mol. The molecule has 0 spiro atoms. The van der Waals surface area contributed by atoms with Crippen molar-refractivity contribution in [1.29, 1.82) is 0 Å². The van der Waals surface area contributed by atoms with E-state index < -0.39 is 16.6 Å². The van der Waals surface area contributed by atoms with Crippen LogP contribution in [-0.2, 0) is 20.2 Å². The van der Waals surface area contributed by atoms with E-state index in [1.54, 1.807) is 0 Å². The second-order valence-electron chi connectivity index (χ2n) is 12.0. The molecular weight excluding hydrogens is 491 g/mol. The smallest absolute Gasteiger partial charge is 0.263 e. The van der Waals surface area contributed by atoms with Gasteiger partial charge in [-0.2, -0.15) is 5.06 Å². The van der Waals surface area contributed by atoms with Gasteiger partial charge in [0, 0.05) is 18.1 Å². The first-order valence-corrected chi connectivity index (χ1v) is 18.5. The zero-order valence-electron chi connectivity index (χ0n) is 22.9. The Bertz CT molecular complexity index is 1110. The molecule has 2 fully saturated rings. The number of nitrogens with zero attached hydrogens (tertiary/aromatic N) is 1. The van der Waals surface area contributed by atoms with Gasteiger partial charge in [0.1, 0.15) is 0 Å². The normalized spacial score (nSPS) is 24.1. The summed E-state index contributed by atoms with van der Waals surface area (Å²) < 4.78 is 14.2. The maximum atomic E-state index is 7.40. The summed E-state index contributed by atoms with van der Waals surface area (Å²) in [7, 11) is -4.58. The number of rotatable bonds is 7. The van der Waals surface area contributed by atoms with Gasteiger partial charge in [-0.15, -0.1) is 0 Å². The van der Waals surface area contributed by atoms with Crippen LogP contribution in [0.4, 0.5) is 0 Å². The summed E-state index contributed by atoms with van der Waals surface area (Å²) in [5.41, 5.74) is 1.57. The van der Waals surface area contributed by atoms with Gasteiger partial charge in [-0.1, -0.05) is 112 Å². The summed E-state index contributed by atoms with van der Waals surface area (Å²) >= 11 is 0. The fourth-order valence-corrected chi connectivity index (χ4v) is 11.5. The van der Waals surface area contributed by atoms with Crippen molar-refractivity contribution in [2.45, 2.75) is 69.6 Å². The Labute approximate surface area is 224 Å². The number of benzene rings is 3. The molecule has 5 rings (SSSR count). The summed E-state index contributed by atoms with van der Waals surface area (Å²) in [4.78, 5) is 6.51. The summed E-state index contributed by atoms with van der Waals surface area (Å²) in [6, 6.07) is 32.8. The molecule has 0 N–H and O–H groups in total. The van der Waals surface area contributed by atoms with Gasteiger partial charge in [-0.3, -0.25) is 4.84 Å². The van der Waals surface area contributed by atoms with E-state index >= 15 is 0 Å². The Kier molecular flexibility index (Phi) is 7.60. The highest BCUT2D eigenvalue weighted by atomic mass is 28.4. The van der Waals surface area contributed by atoms with Crippen molar-refractivity contribution in [2.24, 2.45) is 0 Å². The fraction of sp³-hybridized carbons (Fsp3) is 0.419. The van der Waals surface area contributed by atoms with E-state index in [-0.39, 0.29) is 17.2 Å². The third-order valence-corrected chi connectivity index (χ3v) is 17.8. The van der Waals surface area contributed by atoms with E-state index in [0.717, 1.165) is 13.0 Å². The van der Waals surface area contributed by atoms with E-state index in [1.165, 1.54) is 15.9 Å². The van der Waals surface area contributed by atoms with Crippen LogP contribution in [0.15, 0.2) is 91.0 Å². The van der Waals surface area contributed by atoms with Gasteiger partial charge < -0.3 is 8.85 Å². The van der Waals surface area contributed by atoms with Crippen LogP contribution in [0.1, 0.15) is 32.8 Å². The molecule has 2 saturated heterocycles.